The van der Waals surface area contributed by atoms with Gasteiger partial charge < -0.3 is 19.5 Å². The van der Waals surface area contributed by atoms with Gasteiger partial charge in [-0.05, 0) is 61.8 Å². The number of thiocarbonyl (C=S) groups is 1. The van der Waals surface area contributed by atoms with E-state index < -0.39 is 0 Å². The fourth-order valence-electron chi connectivity index (χ4n) is 3.11. The zero-order chi connectivity index (χ0) is 22.1. The van der Waals surface area contributed by atoms with Crippen molar-refractivity contribution in [1.29, 1.82) is 0 Å². The zero-order valence-electron chi connectivity index (χ0n) is 17.5. The van der Waals surface area contributed by atoms with Crippen molar-refractivity contribution < 1.29 is 19.0 Å². The summed E-state index contributed by atoms with van der Waals surface area (Å²) in [6.07, 6.45) is 4.10. The molecule has 31 heavy (non-hydrogen) atoms. The summed E-state index contributed by atoms with van der Waals surface area (Å²) in [6, 6.07) is 12.8. The number of ether oxygens (including phenoxy) is 3. The van der Waals surface area contributed by atoms with Crippen LogP contribution in [0.2, 0.25) is 0 Å². The third kappa shape index (κ3) is 7.19. The number of halogens is 1. The topological polar surface area (TPSA) is 68.8 Å². The Morgan fingerprint density at radius 2 is 2.06 bits per heavy atom. The van der Waals surface area contributed by atoms with Crippen LogP contribution < -0.4 is 20.1 Å². The van der Waals surface area contributed by atoms with Gasteiger partial charge in [0, 0.05) is 11.1 Å². The maximum atomic E-state index is 12.8. The predicted octanol–water partition coefficient (Wildman–Crippen LogP) is 5.31. The molecular formula is C23H27BrN2O4S. The van der Waals surface area contributed by atoms with Crippen LogP contribution in [0.1, 0.15) is 43.0 Å². The lowest BCUT2D eigenvalue weighted by Crippen LogP contribution is -2.34. The SMILES string of the molecule is CCCCOc1ccc(Br)cc1C(=O)NC(=S)Nc1ccccc1OCC1CCCO1. The van der Waals surface area contributed by atoms with Crippen LogP contribution in [0.5, 0.6) is 11.5 Å². The van der Waals surface area contributed by atoms with E-state index in [1.54, 1.807) is 12.1 Å². The van der Waals surface area contributed by atoms with Crippen molar-refractivity contribution >= 4 is 44.9 Å². The average Bonchev–Trinajstić information content (AvgIpc) is 3.28. The molecule has 0 saturated carbocycles. The molecule has 1 heterocycles. The number of hydrogen-bond acceptors (Lipinski definition) is 5. The van der Waals surface area contributed by atoms with Gasteiger partial charge in [-0.25, -0.2) is 0 Å². The summed E-state index contributed by atoms with van der Waals surface area (Å²) in [5.41, 5.74) is 1.09. The highest BCUT2D eigenvalue weighted by atomic mass is 79.9. The summed E-state index contributed by atoms with van der Waals surface area (Å²) in [6.45, 7) is 3.90. The Bertz CT molecular complexity index is 903. The molecule has 0 spiro atoms. The second-order valence-electron chi connectivity index (χ2n) is 7.19. The number of unbranched alkanes of at least 4 members (excludes halogenated alkanes) is 1. The van der Waals surface area contributed by atoms with Crippen molar-refractivity contribution in [3.63, 3.8) is 0 Å². The minimum Gasteiger partial charge on any atom is -0.493 e. The molecule has 1 unspecified atom stereocenters. The molecule has 0 bridgehead atoms. The second-order valence-corrected chi connectivity index (χ2v) is 8.52. The Morgan fingerprint density at radius 1 is 1.23 bits per heavy atom. The van der Waals surface area contributed by atoms with E-state index in [2.05, 4.69) is 33.5 Å². The molecule has 1 atom stereocenters. The van der Waals surface area contributed by atoms with Gasteiger partial charge in [-0.1, -0.05) is 41.4 Å². The first-order valence-electron chi connectivity index (χ1n) is 10.4. The number of carbonyl (C=O) groups is 1. The maximum Gasteiger partial charge on any atom is 0.261 e. The molecule has 2 aromatic rings. The van der Waals surface area contributed by atoms with Crippen molar-refractivity contribution in [1.82, 2.24) is 5.32 Å². The summed E-state index contributed by atoms with van der Waals surface area (Å²) in [5.74, 6) is 0.834. The van der Waals surface area contributed by atoms with Gasteiger partial charge in [-0.15, -0.1) is 0 Å². The van der Waals surface area contributed by atoms with E-state index in [1.807, 2.05) is 30.3 Å². The number of benzene rings is 2. The van der Waals surface area contributed by atoms with Crippen molar-refractivity contribution in [2.75, 3.05) is 25.1 Å². The average molecular weight is 507 g/mol. The van der Waals surface area contributed by atoms with E-state index in [4.69, 9.17) is 26.4 Å². The third-order valence-corrected chi connectivity index (χ3v) is 5.45. The summed E-state index contributed by atoms with van der Waals surface area (Å²) < 4.78 is 18.1. The standard InChI is InChI=1S/C23H27BrN2O4S/c1-2-3-12-29-20-11-10-16(24)14-18(20)22(27)26-23(31)25-19-8-4-5-9-21(19)30-15-17-7-6-13-28-17/h4-5,8-11,14,17H,2-3,6-7,12-13,15H2,1H3,(H2,25,26,27,31). The number of para-hydroxylation sites is 2. The fraction of sp³-hybridized carbons (Fsp3) is 0.391. The second kappa shape index (κ2) is 12.0. The van der Waals surface area contributed by atoms with Gasteiger partial charge in [0.05, 0.1) is 24.0 Å². The van der Waals surface area contributed by atoms with Crippen LogP contribution in [0.15, 0.2) is 46.9 Å². The molecule has 1 amide bonds. The Balaban J connectivity index is 1.62. The van der Waals surface area contributed by atoms with Crippen LogP contribution in [-0.2, 0) is 4.74 Å². The minimum atomic E-state index is -0.344. The van der Waals surface area contributed by atoms with Gasteiger partial charge in [0.1, 0.15) is 18.1 Å². The monoisotopic (exact) mass is 506 g/mol. The van der Waals surface area contributed by atoms with Crippen LogP contribution in [-0.4, -0.2) is 36.9 Å². The molecule has 1 fully saturated rings. The highest BCUT2D eigenvalue weighted by Gasteiger charge is 2.18. The van der Waals surface area contributed by atoms with Crippen molar-refractivity contribution in [2.45, 2.75) is 38.7 Å². The van der Waals surface area contributed by atoms with Crippen LogP contribution in [0, 0.1) is 0 Å². The quantitative estimate of drug-likeness (QED) is 0.354. The lowest BCUT2D eigenvalue weighted by Gasteiger charge is -2.17. The number of nitrogens with one attached hydrogen (secondary N) is 2. The van der Waals surface area contributed by atoms with Crippen LogP contribution in [0.25, 0.3) is 0 Å². The molecule has 2 N–H and O–H groups in total. The van der Waals surface area contributed by atoms with E-state index >= 15 is 0 Å². The molecular weight excluding hydrogens is 480 g/mol. The first-order valence-corrected chi connectivity index (χ1v) is 11.6. The minimum absolute atomic E-state index is 0.113. The molecule has 6 nitrogen and oxygen atoms in total. The number of carbonyl (C=O) groups excluding carboxylic acids is 1. The molecule has 1 aliphatic heterocycles. The predicted molar refractivity (Wildman–Crippen MR) is 129 cm³/mol. The number of rotatable bonds is 9. The van der Waals surface area contributed by atoms with Gasteiger partial charge >= 0.3 is 0 Å². The molecule has 0 radical (unpaired) electrons. The van der Waals surface area contributed by atoms with Gasteiger partial charge in [-0.3, -0.25) is 10.1 Å². The Labute approximate surface area is 196 Å². The van der Waals surface area contributed by atoms with Gasteiger partial charge in [-0.2, -0.15) is 0 Å². The van der Waals surface area contributed by atoms with Crippen LogP contribution in [0.3, 0.4) is 0 Å². The van der Waals surface area contributed by atoms with Gasteiger partial charge in [0.15, 0.2) is 5.11 Å². The number of anilines is 1. The smallest absolute Gasteiger partial charge is 0.261 e. The zero-order valence-corrected chi connectivity index (χ0v) is 19.9. The van der Waals surface area contributed by atoms with Gasteiger partial charge in [0.2, 0.25) is 0 Å². The lowest BCUT2D eigenvalue weighted by atomic mass is 10.2. The molecule has 1 saturated heterocycles. The molecule has 0 aliphatic carbocycles. The molecule has 8 heteroatoms. The Kier molecular flexibility index (Phi) is 9.12. The lowest BCUT2D eigenvalue weighted by molar-refractivity contribution is 0.0682. The molecule has 1 aliphatic rings. The summed E-state index contributed by atoms with van der Waals surface area (Å²) in [4.78, 5) is 12.8. The van der Waals surface area contributed by atoms with Crippen LogP contribution >= 0.6 is 28.1 Å². The first-order chi connectivity index (χ1) is 15.1. The number of hydrogen-bond donors (Lipinski definition) is 2. The molecule has 2 aromatic carbocycles. The van der Waals surface area contributed by atoms with Crippen molar-refractivity contribution in [2.24, 2.45) is 0 Å². The highest BCUT2D eigenvalue weighted by molar-refractivity contribution is 9.10. The Hall–Kier alpha value is -2.16. The van der Waals surface area contributed by atoms with E-state index in [1.165, 1.54) is 0 Å². The summed E-state index contributed by atoms with van der Waals surface area (Å²) >= 11 is 8.78. The summed E-state index contributed by atoms with van der Waals surface area (Å²) in [5, 5.41) is 5.96. The third-order valence-electron chi connectivity index (χ3n) is 4.75. The van der Waals surface area contributed by atoms with Crippen molar-refractivity contribution in [3.05, 3.63) is 52.5 Å². The fourth-order valence-corrected chi connectivity index (χ4v) is 3.67. The van der Waals surface area contributed by atoms with Gasteiger partial charge in [0.25, 0.3) is 5.91 Å². The van der Waals surface area contributed by atoms with Crippen LogP contribution in [0.4, 0.5) is 5.69 Å². The van der Waals surface area contributed by atoms with E-state index in [0.29, 0.717) is 36.0 Å². The largest absolute Gasteiger partial charge is 0.493 e. The normalized spacial score (nSPS) is 15.4. The molecule has 166 valence electrons. The highest BCUT2D eigenvalue weighted by Crippen LogP contribution is 2.26. The Morgan fingerprint density at radius 3 is 2.84 bits per heavy atom. The molecule has 0 aromatic heterocycles. The summed E-state index contributed by atoms with van der Waals surface area (Å²) in [7, 11) is 0. The number of amides is 1. The maximum absolute atomic E-state index is 12.8. The van der Waals surface area contributed by atoms with Crippen molar-refractivity contribution in [3.8, 4) is 11.5 Å². The van der Waals surface area contributed by atoms with E-state index in [0.717, 1.165) is 36.8 Å². The first kappa shape index (κ1) is 23.5. The van der Waals surface area contributed by atoms with E-state index in [9.17, 15) is 4.79 Å². The molecule has 3 rings (SSSR count). The van der Waals surface area contributed by atoms with E-state index in [-0.39, 0.29) is 17.1 Å².